The average Bonchev–Trinajstić information content (AvgIpc) is 2.93. The summed E-state index contributed by atoms with van der Waals surface area (Å²) in [5.41, 5.74) is 0.215. The van der Waals surface area contributed by atoms with Crippen molar-refractivity contribution in [3.8, 4) is 0 Å². The van der Waals surface area contributed by atoms with Crippen molar-refractivity contribution >= 4 is 15.5 Å². The van der Waals surface area contributed by atoms with Crippen molar-refractivity contribution in [2.45, 2.75) is 30.0 Å². The number of halogens is 2. The van der Waals surface area contributed by atoms with Crippen molar-refractivity contribution in [2.24, 2.45) is 5.92 Å². The number of anilines is 1. The first-order chi connectivity index (χ1) is 9.43. The summed E-state index contributed by atoms with van der Waals surface area (Å²) in [6.45, 7) is 3.16. The summed E-state index contributed by atoms with van der Waals surface area (Å²) in [6, 6.07) is 5.70. The van der Waals surface area contributed by atoms with E-state index in [2.05, 4.69) is 5.32 Å². The average molecular weight is 305 g/mol. The maximum absolute atomic E-state index is 12.7. The molecule has 4 nitrogen and oxygen atoms in total. The van der Waals surface area contributed by atoms with E-state index < -0.39 is 15.6 Å². The van der Waals surface area contributed by atoms with Crippen LogP contribution in [-0.4, -0.2) is 33.4 Å². The van der Waals surface area contributed by atoms with Crippen LogP contribution < -0.4 is 5.32 Å². The first-order valence-electron chi connectivity index (χ1n) is 6.38. The fraction of sp³-hybridized carbons (Fsp3) is 0.538. The lowest BCUT2D eigenvalue weighted by atomic mass is 10.0. The van der Waals surface area contributed by atoms with Gasteiger partial charge in [0, 0.05) is 18.6 Å². The van der Waals surface area contributed by atoms with Gasteiger partial charge in [0.05, 0.1) is 17.2 Å². The quantitative estimate of drug-likeness (QED) is 0.908. The summed E-state index contributed by atoms with van der Waals surface area (Å²) >= 11 is 0. The van der Waals surface area contributed by atoms with Crippen molar-refractivity contribution in [3.63, 3.8) is 0 Å². The Hall–Kier alpha value is -1.21. The molecule has 7 heteroatoms. The Labute approximate surface area is 117 Å². The number of para-hydroxylation sites is 1. The number of benzene rings is 1. The van der Waals surface area contributed by atoms with E-state index in [-0.39, 0.29) is 22.5 Å². The summed E-state index contributed by atoms with van der Waals surface area (Å²) in [5, 5.41) is 3.02. The first kappa shape index (κ1) is 15.2. The molecule has 0 amide bonds. The highest BCUT2D eigenvalue weighted by Gasteiger charge is 2.30. The van der Waals surface area contributed by atoms with Gasteiger partial charge < -0.3 is 10.1 Å². The molecule has 1 aromatic carbocycles. The second-order valence-electron chi connectivity index (χ2n) is 4.86. The summed E-state index contributed by atoms with van der Waals surface area (Å²) in [6.07, 6.45) is 0.873. The summed E-state index contributed by atoms with van der Waals surface area (Å²) < 4.78 is 53.9. The molecule has 1 N–H and O–H groups in total. The number of sulfone groups is 1. The zero-order valence-electron chi connectivity index (χ0n) is 11.1. The minimum absolute atomic E-state index is 0.0495. The van der Waals surface area contributed by atoms with Crippen molar-refractivity contribution in [1.29, 1.82) is 0 Å². The van der Waals surface area contributed by atoms with Crippen molar-refractivity contribution < 1.29 is 21.9 Å². The molecule has 0 spiro atoms. The van der Waals surface area contributed by atoms with E-state index in [0.717, 1.165) is 6.42 Å². The van der Waals surface area contributed by atoms with Gasteiger partial charge in [-0.15, -0.1) is 0 Å². The lowest BCUT2D eigenvalue weighted by molar-refractivity contribution is 0.183. The van der Waals surface area contributed by atoms with E-state index in [1.165, 1.54) is 18.2 Å². The van der Waals surface area contributed by atoms with E-state index >= 15 is 0 Å². The minimum Gasteiger partial charge on any atom is -0.381 e. The fourth-order valence-electron chi connectivity index (χ4n) is 2.24. The van der Waals surface area contributed by atoms with Crippen LogP contribution in [0.3, 0.4) is 0 Å². The van der Waals surface area contributed by atoms with E-state index in [9.17, 15) is 17.2 Å². The molecule has 112 valence electrons. The molecule has 1 heterocycles. The van der Waals surface area contributed by atoms with Gasteiger partial charge in [0.1, 0.15) is 0 Å². The highest BCUT2D eigenvalue weighted by atomic mass is 32.2. The van der Waals surface area contributed by atoms with Crippen LogP contribution >= 0.6 is 0 Å². The van der Waals surface area contributed by atoms with Crippen molar-refractivity contribution in [1.82, 2.24) is 0 Å². The van der Waals surface area contributed by atoms with Crippen LogP contribution in [0.4, 0.5) is 14.5 Å². The van der Waals surface area contributed by atoms with Gasteiger partial charge in [-0.2, -0.15) is 8.78 Å². The normalized spacial score (nSPS) is 21.1. The maximum atomic E-state index is 12.7. The third kappa shape index (κ3) is 3.09. The van der Waals surface area contributed by atoms with E-state index in [1.54, 1.807) is 6.07 Å². The van der Waals surface area contributed by atoms with Crippen molar-refractivity contribution in [3.05, 3.63) is 24.3 Å². The molecule has 1 aliphatic rings. The van der Waals surface area contributed by atoms with E-state index in [1.807, 2.05) is 6.92 Å². The Kier molecular flexibility index (Phi) is 4.59. The molecule has 0 aromatic heterocycles. The molecular formula is C13H17F2NO3S. The molecule has 0 radical (unpaired) electrons. The molecule has 0 aliphatic carbocycles. The van der Waals surface area contributed by atoms with Gasteiger partial charge in [-0.1, -0.05) is 12.1 Å². The van der Waals surface area contributed by atoms with Gasteiger partial charge in [-0.3, -0.25) is 0 Å². The van der Waals surface area contributed by atoms with Crippen LogP contribution in [-0.2, 0) is 14.6 Å². The number of hydrogen-bond donors (Lipinski definition) is 1. The van der Waals surface area contributed by atoms with Gasteiger partial charge in [-0.05, 0) is 25.5 Å². The van der Waals surface area contributed by atoms with Crippen LogP contribution in [0.1, 0.15) is 13.3 Å². The smallest absolute Gasteiger partial charge is 0.341 e. The summed E-state index contributed by atoms with van der Waals surface area (Å²) in [5.74, 6) is -3.17. The second-order valence-corrected chi connectivity index (χ2v) is 6.74. The largest absolute Gasteiger partial charge is 0.381 e. The lowest BCUT2D eigenvalue weighted by Gasteiger charge is -2.22. The zero-order valence-corrected chi connectivity index (χ0v) is 11.9. The van der Waals surface area contributed by atoms with Gasteiger partial charge in [0.15, 0.2) is 0 Å². The highest BCUT2D eigenvalue weighted by Crippen LogP contribution is 2.28. The van der Waals surface area contributed by atoms with Crippen LogP contribution in [0.25, 0.3) is 0 Å². The summed E-state index contributed by atoms with van der Waals surface area (Å²) in [7, 11) is -4.60. The van der Waals surface area contributed by atoms with Crippen LogP contribution in [0, 0.1) is 5.92 Å². The molecule has 20 heavy (non-hydrogen) atoms. The SMILES string of the molecule is CC(Nc1ccccc1S(=O)(=O)C(F)F)C1CCOC1. The number of rotatable bonds is 5. The predicted octanol–water partition coefficient (Wildman–Crippen LogP) is 2.52. The molecule has 2 unspecified atom stereocenters. The van der Waals surface area contributed by atoms with E-state index in [0.29, 0.717) is 13.2 Å². The Morgan fingerprint density at radius 3 is 2.65 bits per heavy atom. The predicted molar refractivity (Wildman–Crippen MR) is 71.6 cm³/mol. The number of nitrogens with one attached hydrogen (secondary N) is 1. The molecule has 1 aromatic rings. The Morgan fingerprint density at radius 2 is 2.05 bits per heavy atom. The van der Waals surface area contributed by atoms with Crippen LogP contribution in [0.15, 0.2) is 29.2 Å². The summed E-state index contributed by atoms with van der Waals surface area (Å²) in [4.78, 5) is -0.360. The first-order valence-corrected chi connectivity index (χ1v) is 7.93. The number of hydrogen-bond acceptors (Lipinski definition) is 4. The minimum atomic E-state index is -4.60. The third-order valence-corrected chi connectivity index (χ3v) is 4.92. The van der Waals surface area contributed by atoms with E-state index in [4.69, 9.17) is 4.74 Å². The maximum Gasteiger partial charge on any atom is 0.341 e. The second kappa shape index (κ2) is 6.05. The van der Waals surface area contributed by atoms with Gasteiger partial charge in [0.25, 0.3) is 0 Å². The van der Waals surface area contributed by atoms with Crippen molar-refractivity contribution in [2.75, 3.05) is 18.5 Å². The lowest BCUT2D eigenvalue weighted by Crippen LogP contribution is -2.27. The molecule has 1 fully saturated rings. The number of ether oxygens (including phenoxy) is 1. The Morgan fingerprint density at radius 1 is 1.35 bits per heavy atom. The Balaban J connectivity index is 2.24. The molecular weight excluding hydrogens is 288 g/mol. The Bertz CT molecular complexity index is 556. The molecule has 0 bridgehead atoms. The number of alkyl halides is 2. The standard InChI is InChI=1S/C13H17F2NO3S/c1-9(10-6-7-19-8-10)16-11-4-2-3-5-12(11)20(17,18)13(14)15/h2-5,9-10,13,16H,6-8H2,1H3. The third-order valence-electron chi connectivity index (χ3n) is 3.48. The topological polar surface area (TPSA) is 55.4 Å². The van der Waals surface area contributed by atoms with Crippen LogP contribution in [0.5, 0.6) is 0 Å². The van der Waals surface area contributed by atoms with Gasteiger partial charge in [-0.25, -0.2) is 8.42 Å². The highest BCUT2D eigenvalue weighted by molar-refractivity contribution is 7.91. The molecule has 2 atom stereocenters. The monoisotopic (exact) mass is 305 g/mol. The van der Waals surface area contributed by atoms with Crippen LogP contribution in [0.2, 0.25) is 0 Å². The molecule has 2 rings (SSSR count). The molecule has 0 saturated carbocycles. The fourth-order valence-corrected chi connectivity index (χ4v) is 3.13. The molecule has 1 saturated heterocycles. The molecule has 1 aliphatic heterocycles. The van der Waals surface area contributed by atoms with Gasteiger partial charge >= 0.3 is 5.76 Å². The zero-order chi connectivity index (χ0) is 14.8. The van der Waals surface area contributed by atoms with Gasteiger partial charge in [0.2, 0.25) is 9.84 Å².